The number of H-pyrrole nitrogens is 1. The van der Waals surface area contributed by atoms with E-state index in [0.29, 0.717) is 28.9 Å². The molecule has 0 saturated heterocycles. The van der Waals surface area contributed by atoms with Gasteiger partial charge in [-0.15, -0.1) is 0 Å². The first-order chi connectivity index (χ1) is 14.5. The first-order valence-corrected chi connectivity index (χ1v) is 10.9. The molecule has 154 valence electrons. The van der Waals surface area contributed by atoms with Gasteiger partial charge in [-0.2, -0.15) is 0 Å². The fourth-order valence-corrected chi connectivity index (χ4v) is 4.55. The third-order valence-electron chi connectivity index (χ3n) is 5.13. The van der Waals surface area contributed by atoms with Crippen LogP contribution in [-0.4, -0.2) is 22.5 Å². The number of rotatable bonds is 6. The Hall–Kier alpha value is -3.06. The van der Waals surface area contributed by atoms with Crippen molar-refractivity contribution >= 4 is 23.5 Å². The second-order valence-corrected chi connectivity index (χ2v) is 8.12. The number of anilines is 1. The van der Waals surface area contributed by atoms with E-state index in [1.807, 2.05) is 43.3 Å². The molecule has 7 heteroatoms. The van der Waals surface area contributed by atoms with Crippen molar-refractivity contribution < 1.29 is 9.53 Å². The lowest BCUT2D eigenvalue weighted by Gasteiger charge is -2.24. The van der Waals surface area contributed by atoms with E-state index < -0.39 is 0 Å². The standard InChI is InChI=1S/C23H23N3O3S/c1-3-29-17-10-6-9-15(11-17)18-12-19(27)24-21-20(18)22(28)26-23(25-21)30-13-16-8-5-4-7-14(16)2/h4-11,18H,3,12-13H2,1-2H3,(H2,24,25,26,27,28)/t18-/m1/s1. The van der Waals surface area contributed by atoms with E-state index in [2.05, 4.69) is 34.3 Å². The van der Waals surface area contributed by atoms with Gasteiger partial charge >= 0.3 is 0 Å². The summed E-state index contributed by atoms with van der Waals surface area (Å²) in [6, 6.07) is 15.6. The van der Waals surface area contributed by atoms with E-state index in [0.717, 1.165) is 11.3 Å². The molecule has 1 aromatic heterocycles. The maximum Gasteiger partial charge on any atom is 0.257 e. The van der Waals surface area contributed by atoms with Crippen LogP contribution in [0.5, 0.6) is 5.75 Å². The highest BCUT2D eigenvalue weighted by Crippen LogP contribution is 2.36. The van der Waals surface area contributed by atoms with E-state index >= 15 is 0 Å². The monoisotopic (exact) mass is 421 g/mol. The molecule has 0 unspecified atom stereocenters. The highest BCUT2D eigenvalue weighted by Gasteiger charge is 2.31. The summed E-state index contributed by atoms with van der Waals surface area (Å²) in [4.78, 5) is 32.8. The molecule has 0 saturated carbocycles. The van der Waals surface area contributed by atoms with Gasteiger partial charge < -0.3 is 15.0 Å². The Morgan fingerprint density at radius 1 is 1.17 bits per heavy atom. The Kier molecular flexibility index (Phi) is 5.90. The highest BCUT2D eigenvalue weighted by atomic mass is 32.2. The molecule has 30 heavy (non-hydrogen) atoms. The zero-order valence-electron chi connectivity index (χ0n) is 16.9. The molecule has 2 aromatic carbocycles. The van der Waals surface area contributed by atoms with Crippen molar-refractivity contribution in [3.05, 3.63) is 81.1 Å². The lowest BCUT2D eigenvalue weighted by Crippen LogP contribution is -2.31. The van der Waals surface area contributed by atoms with E-state index in [9.17, 15) is 9.59 Å². The minimum absolute atomic E-state index is 0.151. The van der Waals surface area contributed by atoms with Crippen molar-refractivity contribution in [1.29, 1.82) is 0 Å². The van der Waals surface area contributed by atoms with Gasteiger partial charge in [0.25, 0.3) is 5.56 Å². The molecule has 0 aliphatic carbocycles. The topological polar surface area (TPSA) is 84.1 Å². The number of carbonyl (C=O) groups is 1. The van der Waals surface area contributed by atoms with Crippen LogP contribution in [-0.2, 0) is 10.5 Å². The molecule has 1 amide bonds. The van der Waals surface area contributed by atoms with Gasteiger partial charge in [-0.3, -0.25) is 9.59 Å². The van der Waals surface area contributed by atoms with Crippen molar-refractivity contribution in [2.24, 2.45) is 0 Å². The largest absolute Gasteiger partial charge is 0.494 e. The third kappa shape index (κ3) is 4.26. The molecule has 0 radical (unpaired) electrons. The zero-order valence-corrected chi connectivity index (χ0v) is 17.7. The summed E-state index contributed by atoms with van der Waals surface area (Å²) in [7, 11) is 0. The van der Waals surface area contributed by atoms with Crippen LogP contribution < -0.4 is 15.6 Å². The molecule has 1 aliphatic heterocycles. The SMILES string of the molecule is CCOc1cccc([C@H]2CC(=O)Nc3nc(SCc4ccccc4C)[nH]c(=O)c32)c1. The molecule has 0 bridgehead atoms. The van der Waals surface area contributed by atoms with E-state index in [1.54, 1.807) is 0 Å². The number of nitrogens with zero attached hydrogens (tertiary/aromatic N) is 1. The third-order valence-corrected chi connectivity index (χ3v) is 6.05. The number of aromatic amines is 1. The molecule has 2 N–H and O–H groups in total. The van der Waals surface area contributed by atoms with E-state index in [1.165, 1.54) is 22.9 Å². The molecule has 3 aromatic rings. The summed E-state index contributed by atoms with van der Waals surface area (Å²) in [5.41, 5.74) is 3.50. The highest BCUT2D eigenvalue weighted by molar-refractivity contribution is 7.98. The second-order valence-electron chi connectivity index (χ2n) is 7.16. The number of thioether (sulfide) groups is 1. The van der Waals surface area contributed by atoms with Gasteiger partial charge in [0.05, 0.1) is 12.2 Å². The smallest absolute Gasteiger partial charge is 0.257 e. The van der Waals surface area contributed by atoms with Crippen molar-refractivity contribution in [3.8, 4) is 5.75 Å². The molecular formula is C23H23N3O3S. The van der Waals surface area contributed by atoms with Gasteiger partial charge in [0.2, 0.25) is 5.91 Å². The fourth-order valence-electron chi connectivity index (χ4n) is 3.61. The van der Waals surface area contributed by atoms with Crippen molar-refractivity contribution in [2.75, 3.05) is 11.9 Å². The van der Waals surface area contributed by atoms with Crippen molar-refractivity contribution in [3.63, 3.8) is 0 Å². The molecule has 0 spiro atoms. The number of aryl methyl sites for hydroxylation is 1. The van der Waals surface area contributed by atoms with Crippen molar-refractivity contribution in [1.82, 2.24) is 9.97 Å². The fraction of sp³-hybridized carbons (Fsp3) is 0.261. The number of aromatic nitrogens is 2. The predicted octanol–water partition coefficient (Wildman–Crippen LogP) is 4.24. The summed E-state index contributed by atoms with van der Waals surface area (Å²) in [6.07, 6.45) is 0.197. The Bertz CT molecular complexity index is 1140. The van der Waals surface area contributed by atoms with Gasteiger partial charge in [-0.25, -0.2) is 4.98 Å². The molecule has 4 rings (SSSR count). The summed E-state index contributed by atoms with van der Waals surface area (Å²) in [5, 5.41) is 3.27. The summed E-state index contributed by atoms with van der Waals surface area (Å²) in [5.74, 6) is 1.23. The summed E-state index contributed by atoms with van der Waals surface area (Å²) in [6.45, 7) is 4.52. The van der Waals surface area contributed by atoms with Crippen LogP contribution in [0.3, 0.4) is 0 Å². The molecule has 6 nitrogen and oxygen atoms in total. The van der Waals surface area contributed by atoms with Gasteiger partial charge in [-0.1, -0.05) is 48.2 Å². The number of hydrogen-bond donors (Lipinski definition) is 2. The maximum absolute atomic E-state index is 13.0. The van der Waals surface area contributed by atoms with Crippen LogP contribution in [0.1, 0.15) is 41.5 Å². The van der Waals surface area contributed by atoms with Crippen LogP contribution in [0.4, 0.5) is 5.82 Å². The van der Waals surface area contributed by atoms with Crippen molar-refractivity contribution in [2.45, 2.75) is 37.1 Å². The number of hydrogen-bond acceptors (Lipinski definition) is 5. The first kappa shape index (κ1) is 20.2. The lowest BCUT2D eigenvalue weighted by atomic mass is 9.87. The second kappa shape index (κ2) is 8.75. The number of ether oxygens (including phenoxy) is 1. The number of benzene rings is 2. The first-order valence-electron chi connectivity index (χ1n) is 9.89. The number of amides is 1. The lowest BCUT2D eigenvalue weighted by molar-refractivity contribution is -0.116. The molecular weight excluding hydrogens is 398 g/mol. The van der Waals surface area contributed by atoms with Crippen LogP contribution >= 0.6 is 11.8 Å². The quantitative estimate of drug-likeness (QED) is 0.459. The van der Waals surface area contributed by atoms with Crippen LogP contribution in [0, 0.1) is 6.92 Å². The Morgan fingerprint density at radius 2 is 2.00 bits per heavy atom. The van der Waals surface area contributed by atoms with Crippen LogP contribution in [0.25, 0.3) is 0 Å². The normalized spacial score (nSPS) is 15.4. The molecule has 2 heterocycles. The number of carbonyl (C=O) groups excluding carboxylic acids is 1. The Morgan fingerprint density at radius 3 is 2.80 bits per heavy atom. The average Bonchev–Trinajstić information content (AvgIpc) is 2.73. The summed E-state index contributed by atoms with van der Waals surface area (Å²) < 4.78 is 5.58. The maximum atomic E-state index is 13.0. The van der Waals surface area contributed by atoms with E-state index in [-0.39, 0.29) is 23.8 Å². The molecule has 1 atom stereocenters. The summed E-state index contributed by atoms with van der Waals surface area (Å²) >= 11 is 1.44. The van der Waals surface area contributed by atoms with Crippen LogP contribution in [0.2, 0.25) is 0 Å². The Labute approximate surface area is 179 Å². The predicted molar refractivity (Wildman–Crippen MR) is 118 cm³/mol. The van der Waals surface area contributed by atoms with Gasteiger partial charge in [0.15, 0.2) is 5.16 Å². The minimum atomic E-state index is -0.360. The average molecular weight is 422 g/mol. The van der Waals surface area contributed by atoms with E-state index in [4.69, 9.17) is 4.74 Å². The molecule has 1 aliphatic rings. The minimum Gasteiger partial charge on any atom is -0.494 e. The van der Waals surface area contributed by atoms with Gasteiger partial charge in [0, 0.05) is 18.1 Å². The number of fused-ring (bicyclic) bond motifs is 1. The number of nitrogens with one attached hydrogen (secondary N) is 2. The molecule has 0 fully saturated rings. The van der Waals surface area contributed by atoms with Gasteiger partial charge in [-0.05, 0) is 42.7 Å². The van der Waals surface area contributed by atoms with Crippen LogP contribution in [0.15, 0.2) is 58.5 Å². The zero-order chi connectivity index (χ0) is 21.1. The Balaban J connectivity index is 1.65. The van der Waals surface area contributed by atoms with Gasteiger partial charge in [0.1, 0.15) is 11.6 Å².